The van der Waals surface area contributed by atoms with Gasteiger partial charge in [0.25, 0.3) is 0 Å². The van der Waals surface area contributed by atoms with Crippen LogP contribution in [0.15, 0.2) is 24.3 Å². The molecular weight excluding hydrogens is 224 g/mol. The van der Waals surface area contributed by atoms with E-state index >= 15 is 0 Å². The fraction of sp³-hybridized carbons (Fsp3) is 0.467. The highest BCUT2D eigenvalue weighted by Gasteiger charge is 2.17. The Hall–Kier alpha value is -1.48. The van der Waals surface area contributed by atoms with Crippen molar-refractivity contribution in [1.82, 2.24) is 4.90 Å². The molecule has 0 atom stereocenters. The van der Waals surface area contributed by atoms with Gasteiger partial charge >= 0.3 is 0 Å². The van der Waals surface area contributed by atoms with Gasteiger partial charge in [-0.25, -0.2) is 0 Å². The van der Waals surface area contributed by atoms with Crippen LogP contribution in [0.3, 0.4) is 0 Å². The van der Waals surface area contributed by atoms with Gasteiger partial charge in [-0.15, -0.1) is 0 Å². The molecule has 1 aliphatic heterocycles. The van der Waals surface area contributed by atoms with Crippen LogP contribution in [0.25, 0.3) is 5.57 Å². The first kappa shape index (κ1) is 13.0. The van der Waals surface area contributed by atoms with Crippen LogP contribution in [0, 0.1) is 0 Å². The quantitative estimate of drug-likeness (QED) is 0.833. The monoisotopic (exact) mass is 246 g/mol. The number of nitrogens with zero attached hydrogens (tertiary/aromatic N) is 1. The largest absolute Gasteiger partial charge is 0.496 e. The molecule has 0 fully saturated rings. The van der Waals surface area contributed by atoms with Crippen molar-refractivity contribution in [2.24, 2.45) is 0 Å². The number of nitrogen functional groups attached to an aromatic ring is 1. The first-order chi connectivity index (χ1) is 8.61. The highest BCUT2D eigenvalue weighted by Crippen LogP contribution is 2.32. The minimum atomic E-state index is 0.602. The highest BCUT2D eigenvalue weighted by atomic mass is 16.5. The van der Waals surface area contributed by atoms with Gasteiger partial charge in [-0.05, 0) is 44.0 Å². The zero-order valence-corrected chi connectivity index (χ0v) is 11.4. The maximum Gasteiger partial charge on any atom is 0.126 e. The Balaban J connectivity index is 2.25. The molecule has 1 aromatic rings. The first-order valence-electron chi connectivity index (χ1n) is 6.48. The van der Waals surface area contributed by atoms with Gasteiger partial charge in [0.1, 0.15) is 5.75 Å². The third-order valence-corrected chi connectivity index (χ3v) is 3.54. The summed E-state index contributed by atoms with van der Waals surface area (Å²) in [5.74, 6) is 0.911. The lowest BCUT2D eigenvalue weighted by Crippen LogP contribution is -2.34. The number of hydrogen-bond donors (Lipinski definition) is 1. The van der Waals surface area contributed by atoms with Crippen molar-refractivity contribution >= 4 is 11.3 Å². The van der Waals surface area contributed by atoms with Gasteiger partial charge in [0.05, 0.1) is 7.11 Å². The van der Waals surface area contributed by atoms with Crippen LogP contribution in [0.5, 0.6) is 5.75 Å². The van der Waals surface area contributed by atoms with Gasteiger partial charge in [-0.1, -0.05) is 6.08 Å². The fourth-order valence-electron chi connectivity index (χ4n) is 2.38. The predicted octanol–water partition coefficient (Wildman–Crippen LogP) is 2.77. The minimum absolute atomic E-state index is 0.602. The van der Waals surface area contributed by atoms with E-state index in [9.17, 15) is 0 Å². The number of rotatable bonds is 3. The predicted molar refractivity (Wildman–Crippen MR) is 76.7 cm³/mol. The smallest absolute Gasteiger partial charge is 0.126 e. The molecule has 1 aromatic carbocycles. The maximum absolute atomic E-state index is 5.87. The second-order valence-corrected chi connectivity index (χ2v) is 5.03. The molecule has 0 spiro atoms. The Morgan fingerprint density at radius 3 is 2.67 bits per heavy atom. The van der Waals surface area contributed by atoms with E-state index in [2.05, 4.69) is 24.8 Å². The fourth-order valence-corrected chi connectivity index (χ4v) is 2.38. The Morgan fingerprint density at radius 2 is 2.11 bits per heavy atom. The van der Waals surface area contributed by atoms with E-state index in [4.69, 9.17) is 10.5 Å². The van der Waals surface area contributed by atoms with Crippen molar-refractivity contribution < 1.29 is 4.74 Å². The lowest BCUT2D eigenvalue weighted by atomic mass is 9.97. The van der Waals surface area contributed by atoms with E-state index in [1.807, 2.05) is 18.2 Å². The van der Waals surface area contributed by atoms with E-state index in [0.29, 0.717) is 6.04 Å². The standard InChI is InChI=1S/C15H22N2O/c1-11(2)17-8-6-12(7-9-17)14-10-13(16)4-5-15(14)18-3/h4-6,10-11H,7-9,16H2,1-3H3. The third-order valence-electron chi connectivity index (χ3n) is 3.54. The molecule has 0 unspecified atom stereocenters. The maximum atomic E-state index is 5.87. The van der Waals surface area contributed by atoms with Crippen molar-refractivity contribution in [3.63, 3.8) is 0 Å². The summed E-state index contributed by atoms with van der Waals surface area (Å²) in [4.78, 5) is 2.46. The summed E-state index contributed by atoms with van der Waals surface area (Å²) in [6.07, 6.45) is 3.35. The molecule has 2 rings (SSSR count). The van der Waals surface area contributed by atoms with Crippen LogP contribution in [0.1, 0.15) is 25.8 Å². The van der Waals surface area contributed by atoms with Crippen LogP contribution < -0.4 is 10.5 Å². The van der Waals surface area contributed by atoms with Gasteiger partial charge < -0.3 is 10.5 Å². The SMILES string of the molecule is COc1ccc(N)cc1C1=CCN(C(C)C)CC1. The second-order valence-electron chi connectivity index (χ2n) is 5.03. The summed E-state index contributed by atoms with van der Waals surface area (Å²) in [6.45, 7) is 6.58. The number of nitrogens with two attached hydrogens (primary N) is 1. The van der Waals surface area contributed by atoms with Gasteiger partial charge in [-0.2, -0.15) is 0 Å². The van der Waals surface area contributed by atoms with Gasteiger partial charge in [0, 0.05) is 30.4 Å². The summed E-state index contributed by atoms with van der Waals surface area (Å²) >= 11 is 0. The number of anilines is 1. The van der Waals surface area contributed by atoms with Crippen molar-refractivity contribution in [3.05, 3.63) is 29.8 Å². The molecule has 3 heteroatoms. The Morgan fingerprint density at radius 1 is 1.33 bits per heavy atom. The number of methoxy groups -OCH3 is 1. The Labute approximate surface area is 109 Å². The van der Waals surface area contributed by atoms with Gasteiger partial charge in [0.2, 0.25) is 0 Å². The average molecular weight is 246 g/mol. The van der Waals surface area contributed by atoms with E-state index in [-0.39, 0.29) is 0 Å². The Kier molecular flexibility index (Phi) is 3.92. The molecular formula is C15H22N2O. The molecule has 0 saturated carbocycles. The van der Waals surface area contributed by atoms with Crippen molar-refractivity contribution in [3.8, 4) is 5.75 Å². The normalized spacial score (nSPS) is 16.8. The molecule has 0 radical (unpaired) electrons. The zero-order chi connectivity index (χ0) is 13.1. The summed E-state index contributed by atoms with van der Waals surface area (Å²) in [6, 6.07) is 6.44. The molecule has 0 aromatic heterocycles. The van der Waals surface area contributed by atoms with Crippen LogP contribution in [-0.2, 0) is 0 Å². The Bertz CT molecular complexity index is 452. The van der Waals surface area contributed by atoms with Crippen LogP contribution in [-0.4, -0.2) is 31.1 Å². The topological polar surface area (TPSA) is 38.5 Å². The lowest BCUT2D eigenvalue weighted by Gasteiger charge is -2.30. The van der Waals surface area contributed by atoms with E-state index < -0.39 is 0 Å². The lowest BCUT2D eigenvalue weighted by molar-refractivity contribution is 0.245. The van der Waals surface area contributed by atoms with Crippen LogP contribution >= 0.6 is 0 Å². The molecule has 1 aliphatic rings. The summed E-state index contributed by atoms with van der Waals surface area (Å²) in [5, 5.41) is 0. The van der Waals surface area contributed by atoms with Gasteiger partial charge in [-0.3, -0.25) is 4.90 Å². The van der Waals surface area contributed by atoms with Crippen molar-refractivity contribution in [2.45, 2.75) is 26.3 Å². The zero-order valence-electron chi connectivity index (χ0n) is 11.4. The van der Waals surface area contributed by atoms with Gasteiger partial charge in [0.15, 0.2) is 0 Å². The minimum Gasteiger partial charge on any atom is -0.496 e. The molecule has 0 aliphatic carbocycles. The second kappa shape index (κ2) is 5.44. The van der Waals surface area contributed by atoms with E-state index in [0.717, 1.165) is 36.5 Å². The van der Waals surface area contributed by atoms with E-state index in [1.165, 1.54) is 5.57 Å². The molecule has 2 N–H and O–H groups in total. The van der Waals surface area contributed by atoms with Crippen LogP contribution in [0.4, 0.5) is 5.69 Å². The number of hydrogen-bond acceptors (Lipinski definition) is 3. The summed E-state index contributed by atoms with van der Waals surface area (Å²) < 4.78 is 5.42. The van der Waals surface area contributed by atoms with Crippen molar-refractivity contribution in [2.75, 3.05) is 25.9 Å². The van der Waals surface area contributed by atoms with Crippen molar-refractivity contribution in [1.29, 1.82) is 0 Å². The average Bonchev–Trinajstić information content (AvgIpc) is 2.39. The molecule has 98 valence electrons. The molecule has 0 amide bonds. The molecule has 18 heavy (non-hydrogen) atoms. The molecule has 1 heterocycles. The molecule has 3 nitrogen and oxygen atoms in total. The van der Waals surface area contributed by atoms with E-state index in [1.54, 1.807) is 7.11 Å². The third kappa shape index (κ3) is 2.67. The number of benzene rings is 1. The first-order valence-corrected chi connectivity index (χ1v) is 6.48. The number of ether oxygens (including phenoxy) is 1. The summed E-state index contributed by atoms with van der Waals surface area (Å²) in [5.41, 5.74) is 9.14. The highest BCUT2D eigenvalue weighted by molar-refractivity contribution is 5.74. The summed E-state index contributed by atoms with van der Waals surface area (Å²) in [7, 11) is 1.71. The van der Waals surface area contributed by atoms with Crippen LogP contribution in [0.2, 0.25) is 0 Å². The molecule has 0 bridgehead atoms. The molecule has 0 saturated heterocycles.